The average Bonchev–Trinajstić information content (AvgIpc) is 2.56. The van der Waals surface area contributed by atoms with Crippen molar-refractivity contribution in [2.75, 3.05) is 19.7 Å². The molecule has 2 aromatic carbocycles. The molecule has 1 heterocycles. The highest BCUT2D eigenvalue weighted by Gasteiger charge is 2.19. The van der Waals surface area contributed by atoms with Crippen molar-refractivity contribution in [1.82, 2.24) is 4.90 Å². The lowest BCUT2D eigenvalue weighted by molar-refractivity contribution is 0.137. The standard InChI is InChI=1S/C19H23NO.ClH/c1-3-7-17(8-4-1)15-20-13-11-18(12-14-20)16-21-19-9-5-2-6-10-19;/h1-10,18H,11-16H2;1H. The molecule has 1 aliphatic heterocycles. The van der Waals surface area contributed by atoms with Crippen LogP contribution in [0.1, 0.15) is 18.4 Å². The van der Waals surface area contributed by atoms with Crippen molar-refractivity contribution < 1.29 is 4.74 Å². The van der Waals surface area contributed by atoms with Crippen LogP contribution in [0.25, 0.3) is 0 Å². The normalized spacial score (nSPS) is 16.0. The molecule has 3 rings (SSSR count). The molecule has 0 aromatic heterocycles. The summed E-state index contributed by atoms with van der Waals surface area (Å²) in [6.07, 6.45) is 2.47. The van der Waals surface area contributed by atoms with Crippen LogP contribution in [0.2, 0.25) is 0 Å². The first-order valence-corrected chi connectivity index (χ1v) is 7.84. The van der Waals surface area contributed by atoms with Crippen molar-refractivity contribution >= 4 is 12.4 Å². The van der Waals surface area contributed by atoms with Gasteiger partial charge in [0.05, 0.1) is 6.61 Å². The molecule has 118 valence electrons. The molecule has 22 heavy (non-hydrogen) atoms. The molecule has 0 spiro atoms. The maximum atomic E-state index is 5.88. The number of ether oxygens (including phenoxy) is 1. The zero-order valence-electron chi connectivity index (χ0n) is 12.9. The summed E-state index contributed by atoms with van der Waals surface area (Å²) >= 11 is 0. The molecule has 0 N–H and O–H groups in total. The summed E-state index contributed by atoms with van der Waals surface area (Å²) in [5.41, 5.74) is 1.41. The Labute approximate surface area is 139 Å². The van der Waals surface area contributed by atoms with Gasteiger partial charge < -0.3 is 4.74 Å². The Bertz CT molecular complexity index is 524. The Kier molecular flexibility index (Phi) is 6.75. The van der Waals surface area contributed by atoms with Gasteiger partial charge in [0.15, 0.2) is 0 Å². The van der Waals surface area contributed by atoms with Gasteiger partial charge in [-0.05, 0) is 49.5 Å². The van der Waals surface area contributed by atoms with Crippen molar-refractivity contribution in [3.8, 4) is 5.75 Å². The van der Waals surface area contributed by atoms with Gasteiger partial charge in [0.1, 0.15) is 5.75 Å². The first kappa shape index (κ1) is 16.9. The van der Waals surface area contributed by atoms with Gasteiger partial charge >= 0.3 is 0 Å². The number of piperidine rings is 1. The predicted octanol–water partition coefficient (Wildman–Crippen LogP) is 4.40. The Morgan fingerprint density at radius 3 is 2.09 bits per heavy atom. The topological polar surface area (TPSA) is 12.5 Å². The van der Waals surface area contributed by atoms with Gasteiger partial charge in [-0.1, -0.05) is 48.5 Å². The SMILES string of the molecule is Cl.c1ccc(CN2CCC(COc3ccccc3)CC2)cc1. The molecular weight excluding hydrogens is 294 g/mol. The maximum absolute atomic E-state index is 5.88. The highest BCUT2D eigenvalue weighted by atomic mass is 35.5. The molecule has 1 aliphatic rings. The number of likely N-dealkylation sites (tertiary alicyclic amines) is 1. The van der Waals surface area contributed by atoms with E-state index in [1.54, 1.807) is 0 Å². The van der Waals surface area contributed by atoms with E-state index in [1.165, 1.54) is 31.5 Å². The monoisotopic (exact) mass is 317 g/mol. The van der Waals surface area contributed by atoms with Gasteiger partial charge in [-0.2, -0.15) is 0 Å². The lowest BCUT2D eigenvalue weighted by atomic mass is 9.97. The summed E-state index contributed by atoms with van der Waals surface area (Å²) in [7, 11) is 0. The number of hydrogen-bond donors (Lipinski definition) is 0. The van der Waals surface area contributed by atoms with E-state index in [1.807, 2.05) is 30.3 Å². The largest absolute Gasteiger partial charge is 0.493 e. The van der Waals surface area contributed by atoms with Gasteiger partial charge in [0.2, 0.25) is 0 Å². The third-order valence-electron chi connectivity index (χ3n) is 4.19. The highest BCUT2D eigenvalue weighted by Crippen LogP contribution is 2.20. The van der Waals surface area contributed by atoms with Crippen LogP contribution in [0, 0.1) is 5.92 Å². The zero-order chi connectivity index (χ0) is 14.3. The number of rotatable bonds is 5. The minimum atomic E-state index is 0. The molecule has 0 radical (unpaired) electrons. The first-order valence-electron chi connectivity index (χ1n) is 7.84. The van der Waals surface area contributed by atoms with Crippen LogP contribution in [0.15, 0.2) is 60.7 Å². The van der Waals surface area contributed by atoms with Gasteiger partial charge in [-0.3, -0.25) is 4.90 Å². The van der Waals surface area contributed by atoms with Crippen molar-refractivity contribution in [3.05, 3.63) is 66.2 Å². The maximum Gasteiger partial charge on any atom is 0.119 e. The number of nitrogens with zero attached hydrogens (tertiary/aromatic N) is 1. The van der Waals surface area contributed by atoms with Crippen LogP contribution < -0.4 is 4.74 Å². The van der Waals surface area contributed by atoms with Crippen LogP contribution in [0.3, 0.4) is 0 Å². The Balaban J connectivity index is 0.00000176. The van der Waals surface area contributed by atoms with Crippen molar-refractivity contribution in [3.63, 3.8) is 0 Å². The van der Waals surface area contributed by atoms with Crippen LogP contribution in [0.5, 0.6) is 5.75 Å². The second-order valence-corrected chi connectivity index (χ2v) is 5.83. The quantitative estimate of drug-likeness (QED) is 0.810. The lowest BCUT2D eigenvalue weighted by Gasteiger charge is -2.31. The second kappa shape index (κ2) is 8.82. The molecule has 0 amide bonds. The molecule has 1 saturated heterocycles. The summed E-state index contributed by atoms with van der Waals surface area (Å²) in [5.74, 6) is 1.68. The minimum absolute atomic E-state index is 0. The van der Waals surface area contributed by atoms with Crippen LogP contribution in [-0.2, 0) is 6.54 Å². The Morgan fingerprint density at radius 2 is 1.45 bits per heavy atom. The second-order valence-electron chi connectivity index (χ2n) is 5.83. The fourth-order valence-electron chi connectivity index (χ4n) is 2.88. The smallest absolute Gasteiger partial charge is 0.119 e. The molecule has 0 unspecified atom stereocenters. The third-order valence-corrected chi connectivity index (χ3v) is 4.19. The highest BCUT2D eigenvalue weighted by molar-refractivity contribution is 5.85. The lowest BCUT2D eigenvalue weighted by Crippen LogP contribution is -2.35. The van der Waals surface area contributed by atoms with Gasteiger partial charge in [-0.15, -0.1) is 12.4 Å². The van der Waals surface area contributed by atoms with E-state index in [0.717, 1.165) is 18.9 Å². The fraction of sp³-hybridized carbons (Fsp3) is 0.368. The van der Waals surface area contributed by atoms with E-state index < -0.39 is 0 Å². The van der Waals surface area contributed by atoms with E-state index in [0.29, 0.717) is 5.92 Å². The number of para-hydroxylation sites is 1. The average molecular weight is 318 g/mol. The number of benzene rings is 2. The van der Waals surface area contributed by atoms with Gasteiger partial charge in [-0.25, -0.2) is 0 Å². The fourth-order valence-corrected chi connectivity index (χ4v) is 2.88. The predicted molar refractivity (Wildman–Crippen MR) is 93.6 cm³/mol. The third kappa shape index (κ3) is 5.04. The zero-order valence-corrected chi connectivity index (χ0v) is 13.7. The number of halogens is 1. The van der Waals surface area contributed by atoms with Crippen LogP contribution in [-0.4, -0.2) is 24.6 Å². The van der Waals surface area contributed by atoms with E-state index in [-0.39, 0.29) is 12.4 Å². The first-order chi connectivity index (χ1) is 10.4. The van der Waals surface area contributed by atoms with Gasteiger partial charge in [0.25, 0.3) is 0 Å². The molecule has 1 fully saturated rings. The van der Waals surface area contributed by atoms with Gasteiger partial charge in [0, 0.05) is 6.54 Å². The Morgan fingerprint density at radius 1 is 0.864 bits per heavy atom. The van der Waals surface area contributed by atoms with Crippen molar-refractivity contribution in [1.29, 1.82) is 0 Å². The molecule has 3 heteroatoms. The molecular formula is C19H24ClNO. The molecule has 2 nitrogen and oxygen atoms in total. The van der Waals surface area contributed by atoms with E-state index >= 15 is 0 Å². The van der Waals surface area contributed by atoms with Crippen LogP contribution in [0.4, 0.5) is 0 Å². The molecule has 0 atom stereocenters. The summed E-state index contributed by atoms with van der Waals surface area (Å²) in [6, 6.07) is 20.9. The minimum Gasteiger partial charge on any atom is -0.493 e. The molecule has 2 aromatic rings. The molecule has 0 saturated carbocycles. The van der Waals surface area contributed by atoms with E-state index in [4.69, 9.17) is 4.74 Å². The molecule has 0 bridgehead atoms. The van der Waals surface area contributed by atoms with E-state index in [9.17, 15) is 0 Å². The summed E-state index contributed by atoms with van der Waals surface area (Å²) in [6.45, 7) is 4.28. The van der Waals surface area contributed by atoms with Crippen LogP contribution >= 0.6 is 12.4 Å². The number of hydrogen-bond acceptors (Lipinski definition) is 2. The van der Waals surface area contributed by atoms with Crippen molar-refractivity contribution in [2.24, 2.45) is 5.92 Å². The summed E-state index contributed by atoms with van der Waals surface area (Å²) in [4.78, 5) is 2.55. The summed E-state index contributed by atoms with van der Waals surface area (Å²) in [5, 5.41) is 0. The Hall–Kier alpha value is -1.51. The summed E-state index contributed by atoms with van der Waals surface area (Å²) < 4.78 is 5.88. The van der Waals surface area contributed by atoms with Crippen molar-refractivity contribution in [2.45, 2.75) is 19.4 Å². The molecule has 0 aliphatic carbocycles. The van der Waals surface area contributed by atoms with E-state index in [2.05, 4.69) is 35.2 Å².